The van der Waals surface area contributed by atoms with Gasteiger partial charge in [-0.2, -0.15) is 0 Å². The van der Waals surface area contributed by atoms with Gasteiger partial charge in [0.15, 0.2) is 29.7 Å². The normalized spacial score (nSPS) is 19.9. The van der Waals surface area contributed by atoms with Gasteiger partial charge in [-0.15, -0.1) is 0 Å². The summed E-state index contributed by atoms with van der Waals surface area (Å²) in [6.45, 7) is 11.0. The van der Waals surface area contributed by atoms with E-state index in [1.165, 1.54) is 5.56 Å². The number of ether oxygens (including phenoxy) is 2. The Morgan fingerprint density at radius 1 is 0.857 bits per heavy atom. The van der Waals surface area contributed by atoms with E-state index in [0.717, 1.165) is 36.2 Å². The lowest BCUT2D eigenvalue weighted by Crippen LogP contribution is -2.45. The molecule has 0 atom stereocenters. The van der Waals surface area contributed by atoms with Crippen LogP contribution in [0.3, 0.4) is 0 Å². The highest BCUT2D eigenvalue weighted by Gasteiger charge is 2.49. The molecule has 1 aliphatic heterocycles. The van der Waals surface area contributed by atoms with Crippen molar-refractivity contribution in [3.63, 3.8) is 0 Å². The third-order valence-corrected chi connectivity index (χ3v) is 8.44. The number of carboxylic acid groups (broad SMARTS) is 1. The molecule has 1 N–H and O–H groups in total. The third kappa shape index (κ3) is 6.01. The van der Waals surface area contributed by atoms with Crippen molar-refractivity contribution >= 4 is 17.5 Å². The maximum absolute atomic E-state index is 14.1. The second-order valence-electron chi connectivity index (χ2n) is 13.2. The third-order valence-electron chi connectivity index (χ3n) is 8.44. The number of hydrogen-bond acceptors (Lipinski definition) is 6. The Hall–Kier alpha value is -3.87. The number of carbonyl (C=O) groups is 3. The van der Waals surface area contributed by atoms with E-state index >= 15 is 0 Å². The molecule has 7 heteroatoms. The minimum absolute atomic E-state index is 0.0734. The van der Waals surface area contributed by atoms with E-state index in [0.29, 0.717) is 48.6 Å². The molecule has 0 spiro atoms. The zero-order valence-electron chi connectivity index (χ0n) is 25.3. The van der Waals surface area contributed by atoms with Crippen molar-refractivity contribution in [2.24, 2.45) is 10.8 Å². The lowest BCUT2D eigenvalue weighted by molar-refractivity contribution is -0.139. The van der Waals surface area contributed by atoms with Gasteiger partial charge in [0.2, 0.25) is 0 Å². The average molecular weight is 572 g/mol. The molecule has 3 aliphatic rings. The predicted octanol–water partition coefficient (Wildman–Crippen LogP) is 6.48. The first-order chi connectivity index (χ1) is 19.9. The molecule has 0 aromatic heterocycles. The van der Waals surface area contributed by atoms with E-state index in [4.69, 9.17) is 14.6 Å². The molecule has 0 saturated heterocycles. The highest BCUT2D eigenvalue weighted by atomic mass is 16.5. The number of hydrogen-bond donors (Lipinski definition) is 1. The smallest absolute Gasteiger partial charge is 0.341 e. The first-order valence-electron chi connectivity index (χ1n) is 14.8. The number of nitrogens with zero attached hydrogens (tertiary/aromatic N) is 1. The van der Waals surface area contributed by atoms with E-state index < -0.39 is 18.5 Å². The second kappa shape index (κ2) is 11.4. The van der Waals surface area contributed by atoms with Crippen LogP contribution < -0.4 is 9.47 Å². The Kier molecular flexibility index (Phi) is 8.06. The molecule has 42 heavy (non-hydrogen) atoms. The van der Waals surface area contributed by atoms with Gasteiger partial charge in [-0.05, 0) is 60.3 Å². The standard InChI is InChI=1S/C35H41NO6/c1-6-41-29-16-23(12-13-28(29)42-21-30(39)40)31-32-24(17-34(2,3)19-26(32)37)36(15-14-22-10-8-7-9-11-22)25-18-35(4,5)20-27(38)33(25)31/h7-13,16,31H,6,14-15,17-21H2,1-5H3,(H,39,40). The summed E-state index contributed by atoms with van der Waals surface area (Å²) < 4.78 is 11.4. The van der Waals surface area contributed by atoms with Gasteiger partial charge in [0.1, 0.15) is 0 Å². The van der Waals surface area contributed by atoms with Crippen LogP contribution in [0.4, 0.5) is 0 Å². The Labute approximate surface area is 248 Å². The van der Waals surface area contributed by atoms with Gasteiger partial charge >= 0.3 is 5.97 Å². The maximum atomic E-state index is 14.1. The van der Waals surface area contributed by atoms with E-state index in [1.807, 2.05) is 37.3 Å². The molecular weight excluding hydrogens is 530 g/mol. The van der Waals surface area contributed by atoms with Gasteiger partial charge in [0.05, 0.1) is 6.61 Å². The summed E-state index contributed by atoms with van der Waals surface area (Å²) in [5.41, 5.74) is 5.03. The Morgan fingerprint density at radius 2 is 1.45 bits per heavy atom. The number of carbonyl (C=O) groups excluding carboxylic acids is 2. The molecule has 0 radical (unpaired) electrons. The van der Waals surface area contributed by atoms with Crippen LogP contribution in [0.1, 0.15) is 77.3 Å². The monoisotopic (exact) mass is 571 g/mol. The van der Waals surface area contributed by atoms with Crippen LogP contribution in [0, 0.1) is 10.8 Å². The summed E-state index contributed by atoms with van der Waals surface area (Å²) in [4.78, 5) is 41.6. The Bertz CT molecular complexity index is 1410. The molecule has 0 unspecified atom stereocenters. The molecular formula is C35H41NO6. The number of rotatable bonds is 9. The van der Waals surface area contributed by atoms with Crippen LogP contribution in [0.15, 0.2) is 71.1 Å². The molecule has 222 valence electrons. The molecule has 0 fully saturated rings. The molecule has 7 nitrogen and oxygen atoms in total. The predicted molar refractivity (Wildman–Crippen MR) is 160 cm³/mol. The summed E-state index contributed by atoms with van der Waals surface area (Å²) in [6, 6.07) is 15.7. The van der Waals surface area contributed by atoms with Crippen molar-refractivity contribution < 1.29 is 29.0 Å². The molecule has 5 rings (SSSR count). The minimum atomic E-state index is -1.08. The molecule has 0 bridgehead atoms. The van der Waals surface area contributed by atoms with Crippen LogP contribution in [0.2, 0.25) is 0 Å². The van der Waals surface area contributed by atoms with Gasteiger partial charge in [0.25, 0.3) is 0 Å². The summed E-state index contributed by atoms with van der Waals surface area (Å²) in [6.07, 6.45) is 3.10. The van der Waals surface area contributed by atoms with Crippen LogP contribution in [0.5, 0.6) is 11.5 Å². The fourth-order valence-corrected chi connectivity index (χ4v) is 6.77. The zero-order chi connectivity index (χ0) is 30.2. The quantitative estimate of drug-likeness (QED) is 0.368. The lowest BCUT2D eigenvalue weighted by atomic mass is 9.63. The van der Waals surface area contributed by atoms with Crippen molar-refractivity contribution in [2.45, 2.75) is 72.6 Å². The van der Waals surface area contributed by atoms with Crippen molar-refractivity contribution in [3.8, 4) is 11.5 Å². The number of benzene rings is 2. The Balaban J connectivity index is 1.68. The van der Waals surface area contributed by atoms with Gasteiger partial charge in [0, 0.05) is 47.8 Å². The number of allylic oxidation sites excluding steroid dienone is 4. The van der Waals surface area contributed by atoms with Gasteiger partial charge < -0.3 is 19.5 Å². The zero-order valence-corrected chi connectivity index (χ0v) is 25.3. The number of ketones is 2. The van der Waals surface area contributed by atoms with Crippen LogP contribution in [-0.4, -0.2) is 47.3 Å². The highest BCUT2D eigenvalue weighted by molar-refractivity contribution is 6.06. The number of aliphatic carboxylic acids is 1. The summed E-state index contributed by atoms with van der Waals surface area (Å²) in [5, 5.41) is 9.14. The highest BCUT2D eigenvalue weighted by Crippen LogP contribution is 2.55. The number of Topliss-reactive ketones (excluding diaryl/α,β-unsaturated/α-hetero) is 2. The average Bonchev–Trinajstić information content (AvgIpc) is 2.90. The largest absolute Gasteiger partial charge is 0.490 e. The summed E-state index contributed by atoms with van der Waals surface area (Å²) in [5.74, 6) is -0.727. The molecule has 2 aromatic rings. The van der Waals surface area contributed by atoms with E-state index in [2.05, 4.69) is 44.7 Å². The second-order valence-corrected chi connectivity index (χ2v) is 13.2. The van der Waals surface area contributed by atoms with Gasteiger partial charge in [-0.1, -0.05) is 64.1 Å². The van der Waals surface area contributed by atoms with Crippen molar-refractivity contribution in [1.29, 1.82) is 0 Å². The minimum Gasteiger partial charge on any atom is -0.490 e. The fourth-order valence-electron chi connectivity index (χ4n) is 6.77. The maximum Gasteiger partial charge on any atom is 0.341 e. The van der Waals surface area contributed by atoms with Crippen LogP contribution in [0.25, 0.3) is 0 Å². The van der Waals surface area contributed by atoms with E-state index in [-0.39, 0.29) is 22.4 Å². The van der Waals surface area contributed by atoms with Crippen molar-refractivity contribution in [2.75, 3.05) is 19.8 Å². The fraction of sp³-hybridized carbons (Fsp3) is 0.457. The number of carboxylic acids is 1. The topological polar surface area (TPSA) is 93.1 Å². The SMILES string of the molecule is CCOc1cc(C2C3=C(CC(C)(C)CC3=O)N(CCc3ccccc3)C3=C2C(=O)CC(C)(C)C3)ccc1OCC(=O)O. The van der Waals surface area contributed by atoms with Gasteiger partial charge in [-0.25, -0.2) is 4.79 Å². The van der Waals surface area contributed by atoms with Crippen molar-refractivity contribution in [3.05, 3.63) is 82.2 Å². The van der Waals surface area contributed by atoms with Gasteiger partial charge in [-0.3, -0.25) is 9.59 Å². The van der Waals surface area contributed by atoms with Crippen LogP contribution >= 0.6 is 0 Å². The molecule has 0 amide bonds. The van der Waals surface area contributed by atoms with E-state index in [9.17, 15) is 14.4 Å². The molecule has 0 saturated carbocycles. The molecule has 2 aliphatic carbocycles. The summed E-state index contributed by atoms with van der Waals surface area (Å²) >= 11 is 0. The lowest BCUT2D eigenvalue weighted by Gasteiger charge is -2.49. The van der Waals surface area contributed by atoms with Crippen LogP contribution in [-0.2, 0) is 20.8 Å². The first kappa shape index (κ1) is 29.6. The van der Waals surface area contributed by atoms with E-state index in [1.54, 1.807) is 6.07 Å². The Morgan fingerprint density at radius 3 is 2.00 bits per heavy atom. The van der Waals surface area contributed by atoms with Crippen molar-refractivity contribution in [1.82, 2.24) is 4.90 Å². The summed E-state index contributed by atoms with van der Waals surface area (Å²) in [7, 11) is 0. The first-order valence-corrected chi connectivity index (χ1v) is 14.8. The molecule has 2 aromatic carbocycles. The molecule has 1 heterocycles.